The zero-order chi connectivity index (χ0) is 26.4. The van der Waals surface area contributed by atoms with Gasteiger partial charge in [0.15, 0.2) is 0 Å². The molecule has 194 valence electrons. The summed E-state index contributed by atoms with van der Waals surface area (Å²) in [4.78, 5) is 71.2. The maximum absolute atomic E-state index is 12.9. The second-order valence-corrected chi connectivity index (χ2v) is 8.74. The molecule has 0 aliphatic carbocycles. The maximum Gasteiger partial charge on any atom is 0.326 e. The summed E-state index contributed by atoms with van der Waals surface area (Å²) in [5.41, 5.74) is 5.85. The molecule has 0 radical (unpaired) electrons. The summed E-state index contributed by atoms with van der Waals surface area (Å²) in [5.74, 6) is -6.53. The topological polar surface area (TPSA) is 225 Å². The van der Waals surface area contributed by atoms with E-state index in [1.54, 1.807) is 13.8 Å². The van der Waals surface area contributed by atoms with Crippen LogP contribution in [0.5, 0.6) is 0 Å². The van der Waals surface area contributed by atoms with E-state index in [4.69, 9.17) is 15.9 Å². The molecule has 0 rings (SSSR count). The molecule has 13 nitrogen and oxygen atoms in total. The van der Waals surface area contributed by atoms with Gasteiger partial charge in [0.2, 0.25) is 17.7 Å². The quantitative estimate of drug-likeness (QED) is 0.126. The Balaban J connectivity index is 5.53. The largest absolute Gasteiger partial charge is 0.481 e. The summed E-state index contributed by atoms with van der Waals surface area (Å²) in [6, 6.07) is -5.25. The number of carbonyl (C=O) groups is 6. The first kappa shape index (κ1) is 31.1. The highest BCUT2D eigenvalue weighted by Crippen LogP contribution is 2.10. The van der Waals surface area contributed by atoms with E-state index in [-0.39, 0.29) is 0 Å². The van der Waals surface area contributed by atoms with Crippen molar-refractivity contribution in [2.24, 2.45) is 11.7 Å². The fourth-order valence-electron chi connectivity index (χ4n) is 2.78. The molecule has 34 heavy (non-hydrogen) atoms. The van der Waals surface area contributed by atoms with E-state index >= 15 is 0 Å². The highest BCUT2D eigenvalue weighted by Gasteiger charge is 2.33. The predicted molar refractivity (Wildman–Crippen MR) is 123 cm³/mol. The molecule has 8 N–H and O–H groups in total. The minimum Gasteiger partial charge on any atom is -0.481 e. The summed E-state index contributed by atoms with van der Waals surface area (Å²) >= 11 is 1.50. The van der Waals surface area contributed by atoms with Gasteiger partial charge in [-0.25, -0.2) is 4.79 Å². The number of aliphatic carboxylic acids is 3. The van der Waals surface area contributed by atoms with Crippen LogP contribution in [-0.2, 0) is 28.8 Å². The van der Waals surface area contributed by atoms with Crippen molar-refractivity contribution in [3.63, 3.8) is 0 Å². The average molecular weight is 507 g/mol. The third kappa shape index (κ3) is 11.8. The molecule has 0 heterocycles. The standard InChI is InChI=1S/C20H34N4O9S/c1-4-10(2)16(24-17(29)11(21)7-8-34-3)19(31)23-13(9-15(27)28)18(30)22-12(20(32)33)5-6-14(25)26/h10-13,16H,4-9,21H2,1-3H3,(H,22,30)(H,23,31)(H,24,29)(H,25,26)(H,27,28)(H,32,33). The predicted octanol–water partition coefficient (Wildman–Crippen LogP) is -1.01. The van der Waals surface area contributed by atoms with E-state index in [1.165, 1.54) is 11.8 Å². The zero-order valence-electron chi connectivity index (χ0n) is 19.4. The fraction of sp³-hybridized carbons (Fsp3) is 0.700. The Morgan fingerprint density at radius 2 is 1.44 bits per heavy atom. The Kier molecular flexibility index (Phi) is 14.5. The van der Waals surface area contributed by atoms with Gasteiger partial charge in [-0.1, -0.05) is 20.3 Å². The molecule has 5 atom stereocenters. The van der Waals surface area contributed by atoms with Crippen LogP contribution in [0, 0.1) is 5.92 Å². The van der Waals surface area contributed by atoms with Gasteiger partial charge in [0.05, 0.1) is 12.5 Å². The number of hydrogen-bond acceptors (Lipinski definition) is 8. The lowest BCUT2D eigenvalue weighted by Crippen LogP contribution is -2.59. The van der Waals surface area contributed by atoms with Crippen LogP contribution in [0.25, 0.3) is 0 Å². The normalized spacial score (nSPS) is 15.2. The van der Waals surface area contributed by atoms with Crippen molar-refractivity contribution in [3.8, 4) is 0 Å². The molecule has 14 heteroatoms. The van der Waals surface area contributed by atoms with Gasteiger partial charge in [0.1, 0.15) is 18.1 Å². The summed E-state index contributed by atoms with van der Waals surface area (Å²) in [7, 11) is 0. The van der Waals surface area contributed by atoms with E-state index in [9.17, 15) is 33.9 Å². The van der Waals surface area contributed by atoms with Crippen LogP contribution >= 0.6 is 11.8 Å². The second kappa shape index (κ2) is 15.9. The van der Waals surface area contributed by atoms with Crippen LogP contribution in [0.1, 0.15) is 46.0 Å². The lowest BCUT2D eigenvalue weighted by atomic mass is 9.97. The van der Waals surface area contributed by atoms with Crippen molar-refractivity contribution in [1.82, 2.24) is 16.0 Å². The van der Waals surface area contributed by atoms with Crippen LogP contribution in [0.15, 0.2) is 0 Å². The monoisotopic (exact) mass is 506 g/mol. The van der Waals surface area contributed by atoms with E-state index in [1.807, 2.05) is 6.26 Å². The first-order valence-electron chi connectivity index (χ1n) is 10.7. The van der Waals surface area contributed by atoms with Crippen molar-refractivity contribution in [3.05, 3.63) is 0 Å². The van der Waals surface area contributed by atoms with E-state index in [2.05, 4.69) is 16.0 Å². The lowest BCUT2D eigenvalue weighted by Gasteiger charge is -2.27. The fourth-order valence-corrected chi connectivity index (χ4v) is 3.27. The summed E-state index contributed by atoms with van der Waals surface area (Å²) in [6.07, 6.45) is 0.834. The summed E-state index contributed by atoms with van der Waals surface area (Å²) < 4.78 is 0. The van der Waals surface area contributed by atoms with Crippen LogP contribution in [0.4, 0.5) is 0 Å². The van der Waals surface area contributed by atoms with Crippen LogP contribution in [0.2, 0.25) is 0 Å². The smallest absolute Gasteiger partial charge is 0.326 e. The van der Waals surface area contributed by atoms with E-state index in [0.717, 1.165) is 0 Å². The minimum absolute atomic E-state index is 0.374. The molecule has 0 aromatic heterocycles. The van der Waals surface area contributed by atoms with Gasteiger partial charge in [-0.3, -0.25) is 24.0 Å². The van der Waals surface area contributed by atoms with Crippen molar-refractivity contribution in [2.75, 3.05) is 12.0 Å². The molecule has 0 bridgehead atoms. The third-order valence-corrected chi connectivity index (χ3v) is 5.68. The third-order valence-electron chi connectivity index (χ3n) is 5.04. The summed E-state index contributed by atoms with van der Waals surface area (Å²) in [6.45, 7) is 3.45. The minimum atomic E-state index is -1.66. The first-order chi connectivity index (χ1) is 15.8. The SMILES string of the molecule is CCC(C)C(NC(=O)C(N)CCSC)C(=O)NC(CC(=O)O)C(=O)NC(CCC(=O)O)C(=O)O. The molecule has 0 saturated heterocycles. The number of carboxylic acid groups (broad SMARTS) is 3. The van der Waals surface area contributed by atoms with Crippen molar-refractivity contribution in [1.29, 1.82) is 0 Å². The van der Waals surface area contributed by atoms with Gasteiger partial charge in [-0.15, -0.1) is 0 Å². The van der Waals surface area contributed by atoms with Gasteiger partial charge in [-0.05, 0) is 30.8 Å². The number of nitrogens with one attached hydrogen (secondary N) is 3. The molecule has 3 amide bonds. The Morgan fingerprint density at radius 3 is 1.91 bits per heavy atom. The Labute approximate surface area is 201 Å². The maximum atomic E-state index is 12.9. The Morgan fingerprint density at radius 1 is 0.853 bits per heavy atom. The van der Waals surface area contributed by atoms with E-state index in [0.29, 0.717) is 18.6 Å². The number of carbonyl (C=O) groups excluding carboxylic acids is 3. The number of thioether (sulfide) groups is 1. The highest BCUT2D eigenvalue weighted by atomic mass is 32.2. The zero-order valence-corrected chi connectivity index (χ0v) is 20.2. The number of amides is 3. The molecule has 0 spiro atoms. The van der Waals surface area contributed by atoms with Gasteiger partial charge in [0, 0.05) is 6.42 Å². The van der Waals surface area contributed by atoms with Crippen LogP contribution in [0.3, 0.4) is 0 Å². The van der Waals surface area contributed by atoms with Crippen molar-refractivity contribution < 1.29 is 44.1 Å². The van der Waals surface area contributed by atoms with Crippen LogP contribution < -0.4 is 21.7 Å². The van der Waals surface area contributed by atoms with Crippen molar-refractivity contribution >= 4 is 47.4 Å². The molecular formula is C20H34N4O9S. The molecule has 0 saturated carbocycles. The number of carboxylic acids is 3. The molecular weight excluding hydrogens is 472 g/mol. The molecule has 0 aromatic carbocycles. The van der Waals surface area contributed by atoms with Gasteiger partial charge >= 0.3 is 17.9 Å². The molecule has 0 aliphatic heterocycles. The molecule has 0 aliphatic rings. The number of rotatable bonds is 17. The number of nitrogens with two attached hydrogens (primary N) is 1. The molecule has 5 unspecified atom stereocenters. The number of hydrogen-bond donors (Lipinski definition) is 7. The van der Waals surface area contributed by atoms with Gasteiger partial charge in [-0.2, -0.15) is 11.8 Å². The van der Waals surface area contributed by atoms with Crippen LogP contribution in [-0.4, -0.2) is 87.1 Å². The molecule has 0 aromatic rings. The Bertz CT molecular complexity index is 750. The van der Waals surface area contributed by atoms with Crippen molar-refractivity contribution in [2.45, 2.75) is 70.1 Å². The van der Waals surface area contributed by atoms with Gasteiger partial charge in [0.25, 0.3) is 0 Å². The lowest BCUT2D eigenvalue weighted by molar-refractivity contribution is -0.144. The Hall–Kier alpha value is -2.87. The van der Waals surface area contributed by atoms with E-state index < -0.39 is 85.0 Å². The summed E-state index contributed by atoms with van der Waals surface area (Å²) in [5, 5.41) is 34.0. The first-order valence-corrected chi connectivity index (χ1v) is 12.0. The van der Waals surface area contributed by atoms with Gasteiger partial charge < -0.3 is 37.0 Å². The highest BCUT2D eigenvalue weighted by molar-refractivity contribution is 7.98. The molecule has 0 fully saturated rings. The average Bonchev–Trinajstić information content (AvgIpc) is 2.76. The second-order valence-electron chi connectivity index (χ2n) is 7.75.